The minimum Gasteiger partial charge on any atom is -0.381 e. The summed E-state index contributed by atoms with van der Waals surface area (Å²) in [6.45, 7) is 11.1. The van der Waals surface area contributed by atoms with E-state index in [4.69, 9.17) is 9.73 Å². The normalized spacial score (nSPS) is 17.4. The van der Waals surface area contributed by atoms with Crippen LogP contribution in [0.4, 0.5) is 0 Å². The first-order valence-corrected chi connectivity index (χ1v) is 10.7. The Kier molecular flexibility index (Phi) is 14.4. The lowest BCUT2D eigenvalue weighted by Gasteiger charge is -2.21. The van der Waals surface area contributed by atoms with Gasteiger partial charge < -0.3 is 15.4 Å². The summed E-state index contributed by atoms with van der Waals surface area (Å²) in [4.78, 5) is 7.34. The average Bonchev–Trinajstić information content (AvgIpc) is 3.16. The van der Waals surface area contributed by atoms with E-state index < -0.39 is 0 Å². The second kappa shape index (κ2) is 16.0. The summed E-state index contributed by atoms with van der Waals surface area (Å²) < 4.78 is 5.75. The smallest absolute Gasteiger partial charge is 0.191 e. The molecular weight excluding hydrogens is 463 g/mol. The number of likely N-dealkylation sites (tertiary alicyclic amines) is 1. The van der Waals surface area contributed by atoms with E-state index in [1.165, 1.54) is 24.9 Å². The van der Waals surface area contributed by atoms with E-state index in [9.17, 15) is 0 Å². The Bertz CT molecular complexity index is 527. The number of guanidine groups is 1. The first-order valence-electron chi connectivity index (χ1n) is 10.7. The summed E-state index contributed by atoms with van der Waals surface area (Å²) in [5.41, 5.74) is 1.34. The molecule has 1 aromatic rings. The number of hydrogen-bond donors (Lipinski definition) is 2. The van der Waals surface area contributed by atoms with Crippen molar-refractivity contribution in [2.75, 3.05) is 45.9 Å². The van der Waals surface area contributed by atoms with Crippen LogP contribution in [0, 0.1) is 0 Å². The first-order chi connectivity index (χ1) is 13.3. The summed E-state index contributed by atoms with van der Waals surface area (Å²) in [6, 6.07) is 11.1. The standard InChI is InChI=1S/C22H38N4O.HI/c1-3-23-22(25-19-21-13-10-16-26(21)4-2)24-15-8-9-17-27-18-14-20-11-6-5-7-12-20;/h5-7,11-12,21H,3-4,8-10,13-19H2,1-2H3,(H2,23,24,25);1H. The number of likely N-dealkylation sites (N-methyl/N-ethyl adjacent to an activating group) is 1. The van der Waals surface area contributed by atoms with Crippen LogP contribution in [0.2, 0.25) is 0 Å². The van der Waals surface area contributed by atoms with Crippen molar-refractivity contribution in [1.82, 2.24) is 15.5 Å². The van der Waals surface area contributed by atoms with Gasteiger partial charge in [-0.15, -0.1) is 24.0 Å². The Balaban J connectivity index is 0.00000392. The quantitative estimate of drug-likeness (QED) is 0.198. The number of nitrogens with zero attached hydrogens (tertiary/aromatic N) is 2. The molecule has 0 aromatic heterocycles. The van der Waals surface area contributed by atoms with Gasteiger partial charge in [-0.2, -0.15) is 0 Å². The summed E-state index contributed by atoms with van der Waals surface area (Å²) >= 11 is 0. The second-order valence-electron chi connectivity index (χ2n) is 7.13. The molecule has 1 saturated heterocycles. The molecule has 1 aromatic carbocycles. The Morgan fingerprint density at radius 1 is 1.14 bits per heavy atom. The number of ether oxygens (including phenoxy) is 1. The van der Waals surface area contributed by atoms with Gasteiger partial charge in [0.1, 0.15) is 0 Å². The van der Waals surface area contributed by atoms with Crippen molar-refractivity contribution in [1.29, 1.82) is 0 Å². The van der Waals surface area contributed by atoms with Gasteiger partial charge in [-0.05, 0) is 57.7 Å². The van der Waals surface area contributed by atoms with Crippen molar-refractivity contribution >= 4 is 29.9 Å². The average molecular weight is 502 g/mol. The van der Waals surface area contributed by atoms with Crippen LogP contribution >= 0.6 is 24.0 Å². The maximum Gasteiger partial charge on any atom is 0.191 e. The molecule has 6 heteroatoms. The van der Waals surface area contributed by atoms with Crippen molar-refractivity contribution in [3.8, 4) is 0 Å². The van der Waals surface area contributed by atoms with Gasteiger partial charge >= 0.3 is 0 Å². The molecule has 0 spiro atoms. The van der Waals surface area contributed by atoms with Gasteiger partial charge in [0.05, 0.1) is 13.2 Å². The lowest BCUT2D eigenvalue weighted by molar-refractivity contribution is 0.133. The van der Waals surface area contributed by atoms with Crippen molar-refractivity contribution in [2.45, 2.75) is 52.0 Å². The number of unbranched alkanes of at least 4 members (excludes halogenated alkanes) is 1. The van der Waals surface area contributed by atoms with Crippen molar-refractivity contribution in [3.05, 3.63) is 35.9 Å². The molecule has 1 heterocycles. The van der Waals surface area contributed by atoms with Gasteiger partial charge in [0.25, 0.3) is 0 Å². The molecule has 0 saturated carbocycles. The van der Waals surface area contributed by atoms with Gasteiger partial charge in [0.2, 0.25) is 0 Å². The lowest BCUT2D eigenvalue weighted by atomic mass is 10.2. The van der Waals surface area contributed by atoms with Crippen molar-refractivity contribution < 1.29 is 4.74 Å². The van der Waals surface area contributed by atoms with Gasteiger partial charge in [-0.25, -0.2) is 0 Å². The van der Waals surface area contributed by atoms with E-state index in [0.717, 1.165) is 64.6 Å². The van der Waals surface area contributed by atoms with E-state index >= 15 is 0 Å². The first kappa shape index (κ1) is 25.2. The predicted molar refractivity (Wildman–Crippen MR) is 130 cm³/mol. The molecule has 160 valence electrons. The highest BCUT2D eigenvalue weighted by Gasteiger charge is 2.22. The molecule has 28 heavy (non-hydrogen) atoms. The summed E-state index contributed by atoms with van der Waals surface area (Å²) in [5.74, 6) is 0.949. The van der Waals surface area contributed by atoms with E-state index in [-0.39, 0.29) is 24.0 Å². The van der Waals surface area contributed by atoms with Gasteiger partial charge in [0.15, 0.2) is 5.96 Å². The highest BCUT2D eigenvalue weighted by atomic mass is 127. The third kappa shape index (κ3) is 10.1. The van der Waals surface area contributed by atoms with Gasteiger partial charge in [-0.1, -0.05) is 37.3 Å². The summed E-state index contributed by atoms with van der Waals surface area (Å²) in [5, 5.41) is 6.82. The fourth-order valence-electron chi connectivity index (χ4n) is 3.53. The SMILES string of the molecule is CCNC(=NCC1CCCN1CC)NCCCCOCCc1ccccc1.I. The molecule has 1 unspecified atom stereocenters. The zero-order valence-electron chi connectivity index (χ0n) is 17.7. The maximum absolute atomic E-state index is 5.75. The number of halogens is 1. The molecule has 0 bridgehead atoms. The molecule has 0 radical (unpaired) electrons. The molecule has 2 N–H and O–H groups in total. The monoisotopic (exact) mass is 502 g/mol. The molecule has 2 rings (SSSR count). The van der Waals surface area contributed by atoms with Gasteiger partial charge in [-0.3, -0.25) is 9.89 Å². The van der Waals surface area contributed by atoms with Crippen LogP contribution in [0.3, 0.4) is 0 Å². The van der Waals surface area contributed by atoms with Crippen LogP contribution in [0.1, 0.15) is 45.1 Å². The third-order valence-electron chi connectivity index (χ3n) is 5.10. The molecule has 0 aliphatic carbocycles. The molecule has 0 amide bonds. The Morgan fingerprint density at radius 2 is 1.96 bits per heavy atom. The zero-order chi connectivity index (χ0) is 19.2. The van der Waals surface area contributed by atoms with Crippen LogP contribution in [0.5, 0.6) is 0 Å². The number of hydrogen-bond acceptors (Lipinski definition) is 3. The topological polar surface area (TPSA) is 48.9 Å². The highest BCUT2D eigenvalue weighted by molar-refractivity contribution is 14.0. The minimum atomic E-state index is 0. The third-order valence-corrected chi connectivity index (χ3v) is 5.10. The summed E-state index contributed by atoms with van der Waals surface area (Å²) in [6.07, 6.45) is 5.75. The number of aliphatic imine (C=N–C) groups is 1. The minimum absolute atomic E-state index is 0. The van der Waals surface area contributed by atoms with Crippen LogP contribution < -0.4 is 10.6 Å². The van der Waals surface area contributed by atoms with Crippen molar-refractivity contribution in [3.63, 3.8) is 0 Å². The molecule has 1 aliphatic heterocycles. The van der Waals surface area contributed by atoms with Crippen LogP contribution in [-0.2, 0) is 11.2 Å². The van der Waals surface area contributed by atoms with E-state index in [2.05, 4.69) is 59.7 Å². The fourth-order valence-corrected chi connectivity index (χ4v) is 3.53. The van der Waals surface area contributed by atoms with Gasteiger partial charge in [0, 0.05) is 25.7 Å². The molecule has 5 nitrogen and oxygen atoms in total. The number of nitrogens with one attached hydrogen (secondary N) is 2. The van der Waals surface area contributed by atoms with Crippen molar-refractivity contribution in [2.24, 2.45) is 4.99 Å². The van der Waals surface area contributed by atoms with E-state index in [1.807, 2.05) is 0 Å². The highest BCUT2D eigenvalue weighted by Crippen LogP contribution is 2.16. The molecule has 1 aliphatic rings. The van der Waals surface area contributed by atoms with Crippen LogP contribution in [-0.4, -0.2) is 62.8 Å². The Hall–Kier alpha value is -0.860. The Morgan fingerprint density at radius 3 is 2.71 bits per heavy atom. The molecule has 1 fully saturated rings. The fraction of sp³-hybridized carbons (Fsp3) is 0.682. The lowest BCUT2D eigenvalue weighted by Crippen LogP contribution is -2.39. The molecular formula is C22H39IN4O. The number of rotatable bonds is 12. The maximum atomic E-state index is 5.75. The zero-order valence-corrected chi connectivity index (χ0v) is 20.0. The largest absolute Gasteiger partial charge is 0.381 e. The number of benzene rings is 1. The second-order valence-corrected chi connectivity index (χ2v) is 7.13. The Labute approximate surface area is 188 Å². The van der Waals surface area contributed by atoms with Crippen LogP contribution in [0.15, 0.2) is 35.3 Å². The molecule has 1 atom stereocenters. The van der Waals surface area contributed by atoms with E-state index in [0.29, 0.717) is 6.04 Å². The summed E-state index contributed by atoms with van der Waals surface area (Å²) in [7, 11) is 0. The van der Waals surface area contributed by atoms with E-state index in [1.54, 1.807) is 0 Å². The predicted octanol–water partition coefficient (Wildman–Crippen LogP) is 3.68. The van der Waals surface area contributed by atoms with Crippen LogP contribution in [0.25, 0.3) is 0 Å².